The van der Waals surface area contributed by atoms with Crippen LogP contribution < -0.4 is 0 Å². The Bertz CT molecular complexity index is 817. The van der Waals surface area contributed by atoms with Gasteiger partial charge in [-0.3, -0.25) is 4.79 Å². The van der Waals surface area contributed by atoms with E-state index in [4.69, 9.17) is 4.52 Å². The zero-order valence-corrected chi connectivity index (χ0v) is 14.6. The highest BCUT2D eigenvalue weighted by Crippen LogP contribution is 2.39. The highest BCUT2D eigenvalue weighted by molar-refractivity contribution is 5.91. The molecule has 6 nitrogen and oxygen atoms in total. The van der Waals surface area contributed by atoms with Crippen LogP contribution in [0.1, 0.15) is 63.8 Å². The third kappa shape index (κ3) is 3.49. The van der Waals surface area contributed by atoms with E-state index in [1.807, 2.05) is 17.0 Å². The van der Waals surface area contributed by atoms with Crippen molar-refractivity contribution in [3.63, 3.8) is 0 Å². The third-order valence-electron chi connectivity index (χ3n) is 5.39. The number of likely N-dealkylation sites (tertiary alicyclic amines) is 1. The van der Waals surface area contributed by atoms with Gasteiger partial charge in [0.05, 0.1) is 11.3 Å². The van der Waals surface area contributed by atoms with Crippen molar-refractivity contribution in [3.05, 3.63) is 52.9 Å². The normalized spacial score (nSPS) is 18.1. The Kier molecular flexibility index (Phi) is 4.49. The average Bonchev–Trinajstić information content (AvgIpc) is 3.39. The monoisotopic (exact) mass is 354 g/mol. The first-order valence-electron chi connectivity index (χ1n) is 9.19. The summed E-state index contributed by atoms with van der Waals surface area (Å²) in [6, 6.07) is 8.95. The summed E-state index contributed by atoms with van der Waals surface area (Å²) in [5, 5.41) is 13.3. The maximum absolute atomic E-state index is 12.6. The van der Waals surface area contributed by atoms with Gasteiger partial charge in [0.25, 0.3) is 5.91 Å². The Balaban J connectivity index is 1.35. The fraction of sp³-hybridized carbons (Fsp3) is 0.450. The SMILES string of the molecule is O=C(O)c1ccccc1CC1CCN(C(=O)c2cc(C3CC3)no2)CC1. The first-order chi connectivity index (χ1) is 12.6. The molecule has 1 saturated heterocycles. The molecule has 2 aliphatic rings. The number of nitrogens with zero attached hydrogens (tertiary/aromatic N) is 2. The highest BCUT2D eigenvalue weighted by Gasteiger charge is 2.31. The van der Waals surface area contributed by atoms with Gasteiger partial charge in [-0.1, -0.05) is 23.4 Å². The van der Waals surface area contributed by atoms with Crippen LogP contribution in [-0.2, 0) is 6.42 Å². The van der Waals surface area contributed by atoms with Crippen LogP contribution in [0.15, 0.2) is 34.9 Å². The lowest BCUT2D eigenvalue weighted by Crippen LogP contribution is -2.38. The molecule has 0 radical (unpaired) electrons. The summed E-state index contributed by atoms with van der Waals surface area (Å²) in [5.41, 5.74) is 2.14. The molecule has 0 unspecified atom stereocenters. The van der Waals surface area contributed by atoms with E-state index < -0.39 is 5.97 Å². The fourth-order valence-electron chi connectivity index (χ4n) is 3.68. The number of amides is 1. The van der Waals surface area contributed by atoms with Crippen molar-refractivity contribution in [3.8, 4) is 0 Å². The third-order valence-corrected chi connectivity index (χ3v) is 5.39. The van der Waals surface area contributed by atoms with Crippen molar-refractivity contribution < 1.29 is 19.2 Å². The molecular formula is C20H22N2O4. The van der Waals surface area contributed by atoms with Crippen molar-refractivity contribution in [1.82, 2.24) is 10.1 Å². The van der Waals surface area contributed by atoms with E-state index in [9.17, 15) is 14.7 Å². The van der Waals surface area contributed by atoms with E-state index in [2.05, 4.69) is 5.16 Å². The van der Waals surface area contributed by atoms with E-state index in [-0.39, 0.29) is 5.91 Å². The van der Waals surface area contributed by atoms with Gasteiger partial charge in [0, 0.05) is 25.1 Å². The summed E-state index contributed by atoms with van der Waals surface area (Å²) < 4.78 is 5.24. The second kappa shape index (κ2) is 6.94. The van der Waals surface area contributed by atoms with E-state index in [1.165, 1.54) is 0 Å². The number of hydrogen-bond donors (Lipinski definition) is 1. The highest BCUT2D eigenvalue weighted by atomic mass is 16.5. The second-order valence-corrected chi connectivity index (χ2v) is 7.29. The maximum atomic E-state index is 12.6. The van der Waals surface area contributed by atoms with Crippen LogP contribution in [0.25, 0.3) is 0 Å². The Labute approximate surface area is 151 Å². The lowest BCUT2D eigenvalue weighted by atomic mass is 9.88. The van der Waals surface area contributed by atoms with E-state index in [0.29, 0.717) is 36.2 Å². The maximum Gasteiger partial charge on any atom is 0.335 e. The molecule has 2 fully saturated rings. The number of carbonyl (C=O) groups is 2. The van der Waals surface area contributed by atoms with E-state index in [0.717, 1.165) is 43.4 Å². The summed E-state index contributed by atoms with van der Waals surface area (Å²) in [7, 11) is 0. The van der Waals surface area contributed by atoms with Gasteiger partial charge in [-0.2, -0.15) is 0 Å². The van der Waals surface area contributed by atoms with Crippen LogP contribution in [0, 0.1) is 5.92 Å². The predicted molar refractivity (Wildman–Crippen MR) is 94.2 cm³/mol. The molecule has 4 rings (SSSR count). The summed E-state index contributed by atoms with van der Waals surface area (Å²) in [6.07, 6.45) is 4.72. The number of aromatic carboxylic acids is 1. The van der Waals surface area contributed by atoms with Gasteiger partial charge in [-0.25, -0.2) is 4.79 Å². The van der Waals surface area contributed by atoms with Gasteiger partial charge in [-0.05, 0) is 49.7 Å². The molecule has 1 aliphatic carbocycles. The van der Waals surface area contributed by atoms with Crippen molar-refractivity contribution in [1.29, 1.82) is 0 Å². The number of carboxylic acid groups (broad SMARTS) is 1. The summed E-state index contributed by atoms with van der Waals surface area (Å²) >= 11 is 0. The fourth-order valence-corrected chi connectivity index (χ4v) is 3.68. The van der Waals surface area contributed by atoms with Crippen LogP contribution in [-0.4, -0.2) is 40.1 Å². The van der Waals surface area contributed by atoms with E-state index in [1.54, 1.807) is 18.2 Å². The molecule has 1 saturated carbocycles. The lowest BCUT2D eigenvalue weighted by molar-refractivity contribution is 0.0648. The number of carbonyl (C=O) groups excluding carboxylic acids is 1. The van der Waals surface area contributed by atoms with E-state index >= 15 is 0 Å². The molecule has 0 bridgehead atoms. The summed E-state index contributed by atoms with van der Waals surface area (Å²) in [4.78, 5) is 25.7. The summed E-state index contributed by atoms with van der Waals surface area (Å²) in [5.74, 6) is 0.219. The Hall–Kier alpha value is -2.63. The second-order valence-electron chi connectivity index (χ2n) is 7.29. The molecular weight excluding hydrogens is 332 g/mol. The molecule has 6 heteroatoms. The molecule has 1 aromatic carbocycles. The zero-order valence-electron chi connectivity index (χ0n) is 14.6. The van der Waals surface area contributed by atoms with Crippen molar-refractivity contribution in [2.75, 3.05) is 13.1 Å². The predicted octanol–water partition coefficient (Wildman–Crippen LogP) is 3.35. The topological polar surface area (TPSA) is 83.6 Å². The molecule has 0 spiro atoms. The number of piperidine rings is 1. The van der Waals surface area contributed by atoms with Gasteiger partial charge < -0.3 is 14.5 Å². The Morgan fingerprint density at radius 2 is 1.88 bits per heavy atom. The molecule has 136 valence electrons. The zero-order chi connectivity index (χ0) is 18.1. The number of rotatable bonds is 5. The lowest BCUT2D eigenvalue weighted by Gasteiger charge is -2.31. The number of aromatic nitrogens is 1. The number of benzene rings is 1. The van der Waals surface area contributed by atoms with Crippen molar-refractivity contribution in [2.24, 2.45) is 5.92 Å². The van der Waals surface area contributed by atoms with Crippen LogP contribution in [0.3, 0.4) is 0 Å². The molecule has 2 aromatic rings. The first kappa shape index (κ1) is 16.8. The van der Waals surface area contributed by atoms with Crippen LogP contribution in [0.4, 0.5) is 0 Å². The number of carboxylic acids is 1. The molecule has 0 atom stereocenters. The van der Waals surface area contributed by atoms with Gasteiger partial charge in [-0.15, -0.1) is 0 Å². The number of hydrogen-bond acceptors (Lipinski definition) is 4. The van der Waals surface area contributed by atoms with Crippen LogP contribution in [0.5, 0.6) is 0 Å². The molecule has 2 heterocycles. The van der Waals surface area contributed by atoms with Crippen LogP contribution in [0.2, 0.25) is 0 Å². The molecule has 1 aromatic heterocycles. The molecule has 26 heavy (non-hydrogen) atoms. The van der Waals surface area contributed by atoms with Crippen LogP contribution >= 0.6 is 0 Å². The first-order valence-corrected chi connectivity index (χ1v) is 9.19. The van der Waals surface area contributed by atoms with Gasteiger partial charge in [0.2, 0.25) is 5.76 Å². The Morgan fingerprint density at radius 3 is 2.58 bits per heavy atom. The van der Waals surface area contributed by atoms with Gasteiger partial charge >= 0.3 is 5.97 Å². The molecule has 1 aliphatic heterocycles. The van der Waals surface area contributed by atoms with Crippen molar-refractivity contribution >= 4 is 11.9 Å². The summed E-state index contributed by atoms with van der Waals surface area (Å²) in [6.45, 7) is 1.33. The standard InChI is InChI=1S/C20H22N2O4/c23-19(18-12-17(21-26-18)14-5-6-14)22-9-7-13(8-10-22)11-15-3-1-2-4-16(15)20(24)25/h1-4,12-14H,5-11H2,(H,24,25). The minimum atomic E-state index is -0.884. The van der Waals surface area contributed by atoms with Gasteiger partial charge in [0.15, 0.2) is 0 Å². The average molecular weight is 354 g/mol. The van der Waals surface area contributed by atoms with Gasteiger partial charge in [0.1, 0.15) is 0 Å². The quantitative estimate of drug-likeness (QED) is 0.890. The largest absolute Gasteiger partial charge is 0.478 e. The Morgan fingerprint density at radius 1 is 1.15 bits per heavy atom. The van der Waals surface area contributed by atoms with Crippen molar-refractivity contribution in [2.45, 2.75) is 38.0 Å². The molecule has 1 N–H and O–H groups in total. The minimum absolute atomic E-state index is 0.0891. The molecule has 1 amide bonds. The smallest absolute Gasteiger partial charge is 0.335 e. The minimum Gasteiger partial charge on any atom is -0.478 e.